The van der Waals surface area contributed by atoms with Gasteiger partial charge >= 0.3 is 0 Å². The van der Waals surface area contributed by atoms with Crippen LogP contribution < -0.4 is 10.1 Å². The van der Waals surface area contributed by atoms with E-state index in [2.05, 4.69) is 26.1 Å². The Hall–Kier alpha value is -3.07. The number of hydrogen-bond donors (Lipinski definition) is 1. The lowest BCUT2D eigenvalue weighted by atomic mass is 9.94. The molecule has 0 radical (unpaired) electrons. The Morgan fingerprint density at radius 2 is 1.78 bits per heavy atom. The van der Waals surface area contributed by atoms with Crippen LogP contribution in [0.15, 0.2) is 71.2 Å². The van der Waals surface area contributed by atoms with Crippen molar-refractivity contribution in [3.8, 4) is 5.75 Å². The van der Waals surface area contributed by atoms with Crippen molar-refractivity contribution in [1.29, 1.82) is 0 Å². The molecule has 37 heavy (non-hydrogen) atoms. The van der Waals surface area contributed by atoms with Gasteiger partial charge in [0.2, 0.25) is 0 Å². The van der Waals surface area contributed by atoms with Gasteiger partial charge in [0, 0.05) is 54.6 Å². The Bertz CT molecular complexity index is 1260. The largest absolute Gasteiger partial charge is 0.491 e. The number of allylic oxidation sites excluding steroid dienone is 1. The number of hydrogen-bond acceptors (Lipinski definition) is 5. The molecule has 1 N–H and O–H groups in total. The zero-order valence-corrected chi connectivity index (χ0v) is 22.2. The first-order valence-corrected chi connectivity index (χ1v) is 12.9. The number of methoxy groups -OCH3 is 1. The fourth-order valence-corrected chi connectivity index (χ4v) is 4.59. The smallest absolute Gasteiger partial charge is 0.195 e. The first kappa shape index (κ1) is 27.0. The first-order valence-electron chi connectivity index (χ1n) is 12.1. The summed E-state index contributed by atoms with van der Waals surface area (Å²) in [6, 6.07) is 17.0. The number of halogens is 3. The van der Waals surface area contributed by atoms with E-state index in [-0.39, 0.29) is 5.78 Å². The van der Waals surface area contributed by atoms with Crippen LogP contribution in [0.3, 0.4) is 0 Å². The van der Waals surface area contributed by atoms with Gasteiger partial charge < -0.3 is 14.8 Å². The Labute approximate surface area is 224 Å². The molecule has 0 aromatic heterocycles. The number of ether oxygens (including phenoxy) is 2. The third-order valence-electron chi connectivity index (χ3n) is 6.12. The maximum Gasteiger partial charge on any atom is 0.195 e. The minimum absolute atomic E-state index is 0.0721. The van der Waals surface area contributed by atoms with Gasteiger partial charge in [-0.05, 0) is 60.0 Å². The molecule has 1 aliphatic heterocycles. The summed E-state index contributed by atoms with van der Waals surface area (Å²) in [5.74, 6) is -1.08. The van der Waals surface area contributed by atoms with Crippen molar-refractivity contribution < 1.29 is 23.0 Å². The monoisotopic (exact) mass is 570 g/mol. The molecule has 194 valence electrons. The Kier molecular flexibility index (Phi) is 9.44. The Balaban J connectivity index is 1.62. The van der Waals surface area contributed by atoms with Crippen LogP contribution >= 0.6 is 15.9 Å². The molecule has 0 atom stereocenters. The van der Waals surface area contributed by atoms with E-state index in [0.29, 0.717) is 68.3 Å². The molecule has 0 bridgehead atoms. The molecule has 0 aliphatic carbocycles. The summed E-state index contributed by atoms with van der Waals surface area (Å²) < 4.78 is 38.7. The maximum atomic E-state index is 13.8. The standard InChI is InChI=1S/C29H29BrF2N2O3/c1-36-15-16-37-23-8-5-21(6-9-23)24-3-2-13-34(19-20-4-11-26(31)27(32)17-20)14-12-33-28-18-22(30)7-10-25(28)29(24)35/h3-11,17-18,33H,2,12-16,19H2,1H3. The number of carbonyl (C=O) groups excluding carboxylic acids is 1. The zero-order chi connectivity index (χ0) is 26.2. The van der Waals surface area contributed by atoms with Crippen molar-refractivity contribution >= 4 is 33.0 Å². The summed E-state index contributed by atoms with van der Waals surface area (Å²) >= 11 is 3.50. The second kappa shape index (κ2) is 12.9. The van der Waals surface area contributed by atoms with Gasteiger partial charge in [-0.3, -0.25) is 9.69 Å². The highest BCUT2D eigenvalue weighted by molar-refractivity contribution is 9.10. The maximum absolute atomic E-state index is 13.8. The number of anilines is 1. The molecular weight excluding hydrogens is 542 g/mol. The van der Waals surface area contributed by atoms with Crippen molar-refractivity contribution in [2.75, 3.05) is 45.3 Å². The third kappa shape index (κ3) is 7.25. The molecule has 0 fully saturated rings. The van der Waals surface area contributed by atoms with E-state index in [9.17, 15) is 13.6 Å². The van der Waals surface area contributed by atoms with Crippen LogP contribution in [0.2, 0.25) is 0 Å². The van der Waals surface area contributed by atoms with Gasteiger partial charge in [0.05, 0.1) is 6.61 Å². The summed E-state index contributed by atoms with van der Waals surface area (Å²) in [5.41, 5.74) is 3.41. The second-order valence-corrected chi connectivity index (χ2v) is 9.66. The number of benzene rings is 3. The normalized spacial score (nSPS) is 14.8. The Morgan fingerprint density at radius 1 is 0.973 bits per heavy atom. The summed E-state index contributed by atoms with van der Waals surface area (Å²) in [7, 11) is 1.62. The van der Waals surface area contributed by atoms with E-state index in [1.807, 2.05) is 48.5 Å². The van der Waals surface area contributed by atoms with E-state index in [4.69, 9.17) is 9.47 Å². The van der Waals surface area contributed by atoms with Gasteiger partial charge in [0.1, 0.15) is 12.4 Å². The van der Waals surface area contributed by atoms with Gasteiger partial charge in [-0.1, -0.05) is 40.2 Å². The molecule has 0 saturated heterocycles. The fourth-order valence-electron chi connectivity index (χ4n) is 4.23. The predicted molar refractivity (Wildman–Crippen MR) is 145 cm³/mol. The van der Waals surface area contributed by atoms with E-state index in [0.717, 1.165) is 21.8 Å². The lowest BCUT2D eigenvalue weighted by Crippen LogP contribution is -2.29. The van der Waals surface area contributed by atoms with Crippen molar-refractivity contribution in [3.05, 3.63) is 99.5 Å². The topological polar surface area (TPSA) is 50.8 Å². The van der Waals surface area contributed by atoms with Crippen molar-refractivity contribution in [3.63, 3.8) is 0 Å². The summed E-state index contributed by atoms with van der Waals surface area (Å²) in [6.45, 7) is 3.30. The van der Waals surface area contributed by atoms with E-state index < -0.39 is 11.6 Å². The highest BCUT2D eigenvalue weighted by atomic mass is 79.9. The first-order chi connectivity index (χ1) is 17.9. The average molecular weight is 571 g/mol. The lowest BCUT2D eigenvalue weighted by molar-refractivity contribution is 0.105. The van der Waals surface area contributed by atoms with Crippen LogP contribution in [0.4, 0.5) is 14.5 Å². The number of fused-ring (bicyclic) bond motifs is 1. The van der Waals surface area contributed by atoms with Gasteiger partial charge in [-0.2, -0.15) is 0 Å². The van der Waals surface area contributed by atoms with E-state index in [1.54, 1.807) is 13.2 Å². The highest BCUT2D eigenvalue weighted by Crippen LogP contribution is 2.29. The number of ketones is 1. The van der Waals surface area contributed by atoms with Crippen molar-refractivity contribution in [2.45, 2.75) is 13.0 Å². The van der Waals surface area contributed by atoms with Crippen LogP contribution in [0.25, 0.3) is 5.57 Å². The quantitative estimate of drug-likeness (QED) is 0.336. The van der Waals surface area contributed by atoms with Crippen LogP contribution in [-0.2, 0) is 11.3 Å². The minimum Gasteiger partial charge on any atom is -0.491 e. The van der Waals surface area contributed by atoms with Crippen molar-refractivity contribution in [1.82, 2.24) is 4.90 Å². The van der Waals surface area contributed by atoms with Crippen LogP contribution in [0.1, 0.15) is 27.9 Å². The molecule has 3 aromatic carbocycles. The number of rotatable bonds is 7. The number of nitrogens with zero attached hydrogens (tertiary/aromatic N) is 1. The van der Waals surface area contributed by atoms with E-state index >= 15 is 0 Å². The summed E-state index contributed by atoms with van der Waals surface area (Å²) in [5, 5.41) is 3.39. The number of Topliss-reactive ketones (excluding diaryl/α,β-unsaturated/α-hetero) is 1. The molecule has 0 unspecified atom stereocenters. The van der Waals surface area contributed by atoms with Crippen LogP contribution in [-0.4, -0.2) is 50.6 Å². The zero-order valence-electron chi connectivity index (χ0n) is 20.6. The van der Waals surface area contributed by atoms with Gasteiger partial charge in [0.15, 0.2) is 17.4 Å². The number of nitrogens with one attached hydrogen (secondary N) is 1. The molecule has 4 rings (SSSR count). The molecule has 0 saturated carbocycles. The van der Waals surface area contributed by atoms with Gasteiger partial charge in [-0.25, -0.2) is 8.78 Å². The molecule has 1 aliphatic rings. The highest BCUT2D eigenvalue weighted by Gasteiger charge is 2.20. The van der Waals surface area contributed by atoms with Crippen LogP contribution in [0, 0.1) is 11.6 Å². The predicted octanol–water partition coefficient (Wildman–Crippen LogP) is 6.34. The average Bonchev–Trinajstić information content (AvgIpc) is 2.91. The Morgan fingerprint density at radius 3 is 2.54 bits per heavy atom. The third-order valence-corrected chi connectivity index (χ3v) is 6.61. The molecule has 8 heteroatoms. The molecule has 5 nitrogen and oxygen atoms in total. The summed E-state index contributed by atoms with van der Waals surface area (Å²) in [6.07, 6.45) is 2.57. The molecule has 0 amide bonds. The van der Waals surface area contributed by atoms with Gasteiger partial charge in [0.25, 0.3) is 0 Å². The second-order valence-electron chi connectivity index (χ2n) is 8.74. The SMILES string of the molecule is COCCOc1ccc(C2=CCCN(Cc3ccc(F)c(F)c3)CCNc3cc(Br)ccc3C2=O)cc1. The molecule has 3 aromatic rings. The lowest BCUT2D eigenvalue weighted by Gasteiger charge is -2.22. The number of carbonyl (C=O) groups is 1. The molecular formula is C29H29BrF2N2O3. The van der Waals surface area contributed by atoms with E-state index in [1.165, 1.54) is 6.07 Å². The molecule has 1 heterocycles. The van der Waals surface area contributed by atoms with Gasteiger partial charge in [-0.15, -0.1) is 0 Å². The summed E-state index contributed by atoms with van der Waals surface area (Å²) in [4.78, 5) is 15.9. The fraction of sp³-hybridized carbons (Fsp3) is 0.276. The minimum atomic E-state index is -0.855. The van der Waals surface area contributed by atoms with Crippen molar-refractivity contribution in [2.24, 2.45) is 0 Å². The molecule has 0 spiro atoms. The van der Waals surface area contributed by atoms with Crippen LogP contribution in [0.5, 0.6) is 5.75 Å².